The summed E-state index contributed by atoms with van der Waals surface area (Å²) in [6.45, 7) is 5.37. The van der Waals surface area contributed by atoms with Crippen LogP contribution in [0.25, 0.3) is 0 Å². The average Bonchev–Trinajstić information content (AvgIpc) is 2.69. The quantitative estimate of drug-likeness (QED) is 0.686. The monoisotopic (exact) mass is 370 g/mol. The van der Waals surface area contributed by atoms with Crippen LogP contribution in [0.3, 0.4) is 0 Å². The van der Waals surface area contributed by atoms with E-state index in [9.17, 15) is 8.42 Å². The first-order valence-corrected chi connectivity index (χ1v) is 8.96. The van der Waals surface area contributed by atoms with E-state index in [1.807, 2.05) is 13.8 Å². The van der Waals surface area contributed by atoms with E-state index < -0.39 is 10.0 Å². The SMILES string of the molecule is COCCNS(=O)(=O)c1cc(CNC(C)C)sc1Br. The molecule has 1 aromatic heterocycles. The zero-order valence-electron chi connectivity index (χ0n) is 11.2. The van der Waals surface area contributed by atoms with E-state index in [4.69, 9.17) is 4.74 Å². The van der Waals surface area contributed by atoms with E-state index in [1.54, 1.807) is 6.07 Å². The van der Waals surface area contributed by atoms with Crippen LogP contribution < -0.4 is 10.0 Å². The minimum absolute atomic E-state index is 0.265. The van der Waals surface area contributed by atoms with Crippen molar-refractivity contribution in [2.75, 3.05) is 20.3 Å². The maximum atomic E-state index is 12.1. The summed E-state index contributed by atoms with van der Waals surface area (Å²) in [5.41, 5.74) is 0. The van der Waals surface area contributed by atoms with E-state index in [0.29, 0.717) is 23.0 Å². The second-order valence-corrected chi connectivity index (χ2v) is 8.47. The number of sulfonamides is 1. The molecule has 1 rings (SSSR count). The van der Waals surface area contributed by atoms with Crippen LogP contribution in [0.1, 0.15) is 18.7 Å². The summed E-state index contributed by atoms with van der Waals surface area (Å²) < 4.78 is 32.1. The van der Waals surface area contributed by atoms with E-state index in [0.717, 1.165) is 4.88 Å². The Morgan fingerprint density at radius 3 is 2.74 bits per heavy atom. The molecule has 5 nitrogen and oxygen atoms in total. The van der Waals surface area contributed by atoms with Crippen molar-refractivity contribution in [3.05, 3.63) is 14.7 Å². The molecular weight excluding hydrogens is 352 g/mol. The molecule has 19 heavy (non-hydrogen) atoms. The Labute approximate surface area is 126 Å². The molecule has 0 amide bonds. The lowest BCUT2D eigenvalue weighted by atomic mass is 10.4. The summed E-state index contributed by atoms with van der Waals surface area (Å²) in [5, 5.41) is 3.26. The van der Waals surface area contributed by atoms with Crippen LogP contribution in [0.5, 0.6) is 0 Å². The number of rotatable bonds is 8. The predicted octanol–water partition coefficient (Wildman–Crippen LogP) is 1.93. The van der Waals surface area contributed by atoms with Crippen molar-refractivity contribution in [3.8, 4) is 0 Å². The number of halogens is 1. The van der Waals surface area contributed by atoms with Gasteiger partial charge in [-0.2, -0.15) is 0 Å². The highest BCUT2D eigenvalue weighted by molar-refractivity contribution is 9.11. The molecule has 0 aliphatic rings. The van der Waals surface area contributed by atoms with Gasteiger partial charge in [-0.1, -0.05) is 13.8 Å². The highest BCUT2D eigenvalue weighted by Crippen LogP contribution is 2.31. The minimum atomic E-state index is -3.48. The van der Waals surface area contributed by atoms with Crippen molar-refractivity contribution < 1.29 is 13.2 Å². The second-order valence-electron chi connectivity index (χ2n) is 4.28. The van der Waals surface area contributed by atoms with Gasteiger partial charge in [-0.15, -0.1) is 11.3 Å². The van der Waals surface area contributed by atoms with Crippen LogP contribution in [0, 0.1) is 0 Å². The summed E-state index contributed by atoms with van der Waals surface area (Å²) >= 11 is 4.74. The van der Waals surface area contributed by atoms with Gasteiger partial charge in [-0.25, -0.2) is 13.1 Å². The van der Waals surface area contributed by atoms with E-state index in [1.165, 1.54) is 18.4 Å². The summed E-state index contributed by atoms with van der Waals surface area (Å²) in [5.74, 6) is 0. The molecule has 0 saturated carbocycles. The van der Waals surface area contributed by atoms with Gasteiger partial charge in [0.05, 0.1) is 10.4 Å². The molecule has 8 heteroatoms. The van der Waals surface area contributed by atoms with Gasteiger partial charge in [0.1, 0.15) is 4.90 Å². The molecule has 110 valence electrons. The fourth-order valence-corrected chi connectivity index (χ4v) is 4.97. The standard InChI is InChI=1S/C11H19BrN2O3S2/c1-8(2)13-7-9-6-10(11(12)18-9)19(15,16)14-4-5-17-3/h6,8,13-14H,4-5,7H2,1-3H3. The number of ether oxygens (including phenoxy) is 1. The van der Waals surface area contributed by atoms with Gasteiger partial charge >= 0.3 is 0 Å². The molecule has 0 atom stereocenters. The number of methoxy groups -OCH3 is 1. The molecule has 0 aromatic carbocycles. The number of hydrogen-bond acceptors (Lipinski definition) is 5. The first-order chi connectivity index (χ1) is 8.86. The van der Waals surface area contributed by atoms with Crippen molar-refractivity contribution in [2.24, 2.45) is 0 Å². The van der Waals surface area contributed by atoms with Gasteiger partial charge in [0.2, 0.25) is 10.0 Å². The van der Waals surface area contributed by atoms with Gasteiger partial charge in [0.25, 0.3) is 0 Å². The molecule has 1 heterocycles. The fourth-order valence-electron chi connectivity index (χ4n) is 1.33. The van der Waals surface area contributed by atoms with Gasteiger partial charge in [-0.05, 0) is 22.0 Å². The largest absolute Gasteiger partial charge is 0.383 e. The molecular formula is C11H19BrN2O3S2. The number of thiophene rings is 1. The zero-order valence-corrected chi connectivity index (χ0v) is 14.4. The highest BCUT2D eigenvalue weighted by Gasteiger charge is 2.20. The van der Waals surface area contributed by atoms with Crippen molar-refractivity contribution in [1.82, 2.24) is 10.0 Å². The smallest absolute Gasteiger partial charge is 0.242 e. The predicted molar refractivity (Wildman–Crippen MR) is 81.1 cm³/mol. The molecule has 0 fully saturated rings. The van der Waals surface area contributed by atoms with Crippen LogP contribution in [0.2, 0.25) is 0 Å². The van der Waals surface area contributed by atoms with E-state index >= 15 is 0 Å². The van der Waals surface area contributed by atoms with Crippen LogP contribution >= 0.6 is 27.3 Å². The van der Waals surface area contributed by atoms with Crippen molar-refractivity contribution in [1.29, 1.82) is 0 Å². The summed E-state index contributed by atoms with van der Waals surface area (Å²) in [6.07, 6.45) is 0. The molecule has 0 aliphatic carbocycles. The third kappa shape index (κ3) is 5.49. The molecule has 0 aliphatic heterocycles. The van der Waals surface area contributed by atoms with Crippen molar-refractivity contribution in [2.45, 2.75) is 31.3 Å². The first kappa shape index (κ1) is 17.1. The van der Waals surface area contributed by atoms with Crippen LogP contribution in [-0.4, -0.2) is 34.7 Å². The topological polar surface area (TPSA) is 67.4 Å². The minimum Gasteiger partial charge on any atom is -0.383 e. The van der Waals surface area contributed by atoms with Gasteiger partial charge in [0, 0.05) is 31.1 Å². The summed E-state index contributed by atoms with van der Waals surface area (Å²) in [6, 6.07) is 2.06. The average molecular weight is 371 g/mol. The van der Waals surface area contributed by atoms with E-state index in [2.05, 4.69) is 26.0 Å². The second kappa shape index (κ2) is 7.70. The molecule has 0 unspecified atom stereocenters. The van der Waals surface area contributed by atoms with E-state index in [-0.39, 0.29) is 11.4 Å². The van der Waals surface area contributed by atoms with Crippen molar-refractivity contribution >= 4 is 37.3 Å². The zero-order chi connectivity index (χ0) is 14.5. The molecule has 0 bridgehead atoms. The van der Waals surface area contributed by atoms with Crippen LogP contribution in [0.15, 0.2) is 14.7 Å². The van der Waals surface area contributed by atoms with Gasteiger partial charge in [-0.3, -0.25) is 0 Å². The lowest BCUT2D eigenvalue weighted by Gasteiger charge is -2.05. The lowest BCUT2D eigenvalue weighted by molar-refractivity contribution is 0.204. The Morgan fingerprint density at radius 2 is 2.16 bits per heavy atom. The third-order valence-electron chi connectivity index (χ3n) is 2.28. The Balaban J connectivity index is 2.77. The van der Waals surface area contributed by atoms with Crippen molar-refractivity contribution in [3.63, 3.8) is 0 Å². The Bertz CT molecular complexity index is 500. The highest BCUT2D eigenvalue weighted by atomic mass is 79.9. The third-order valence-corrected chi connectivity index (χ3v) is 5.99. The Kier molecular flexibility index (Phi) is 6.92. The normalized spacial score (nSPS) is 12.3. The Morgan fingerprint density at radius 1 is 1.47 bits per heavy atom. The van der Waals surface area contributed by atoms with Crippen LogP contribution in [0.4, 0.5) is 0 Å². The summed E-state index contributed by atoms with van der Waals surface area (Å²) in [4.78, 5) is 1.27. The van der Waals surface area contributed by atoms with Crippen LogP contribution in [-0.2, 0) is 21.3 Å². The molecule has 2 N–H and O–H groups in total. The number of nitrogens with one attached hydrogen (secondary N) is 2. The van der Waals surface area contributed by atoms with Gasteiger partial charge < -0.3 is 10.1 Å². The lowest BCUT2D eigenvalue weighted by Crippen LogP contribution is -2.27. The maximum Gasteiger partial charge on any atom is 0.242 e. The van der Waals surface area contributed by atoms with Gasteiger partial charge in [0.15, 0.2) is 0 Å². The Hall–Kier alpha value is 0.01000. The maximum absolute atomic E-state index is 12.1. The molecule has 0 saturated heterocycles. The molecule has 1 aromatic rings. The fraction of sp³-hybridized carbons (Fsp3) is 0.636. The molecule has 0 spiro atoms. The summed E-state index contributed by atoms with van der Waals surface area (Å²) in [7, 11) is -1.94. The molecule has 0 radical (unpaired) electrons. The first-order valence-electron chi connectivity index (χ1n) is 5.87. The number of hydrogen-bond donors (Lipinski definition) is 2.